The Morgan fingerprint density at radius 1 is 0.811 bits per heavy atom. The molecule has 5 rings (SSSR count). The minimum atomic E-state index is 0. The van der Waals surface area contributed by atoms with E-state index >= 15 is 0 Å². The highest BCUT2D eigenvalue weighted by atomic mass is 15.2. The van der Waals surface area contributed by atoms with Crippen LogP contribution in [0.25, 0.3) is 21.9 Å². The van der Waals surface area contributed by atoms with E-state index in [0.717, 1.165) is 66.3 Å². The molecule has 0 radical (unpaired) electrons. The van der Waals surface area contributed by atoms with Gasteiger partial charge in [-0.15, -0.1) is 0 Å². The maximum absolute atomic E-state index is 5.23. The second-order valence-electron chi connectivity index (χ2n) is 9.84. The molecule has 0 fully saturated rings. The number of imidazole rings is 1. The first-order chi connectivity index (χ1) is 17.6. The van der Waals surface area contributed by atoms with Crippen LogP contribution >= 0.6 is 0 Å². The van der Waals surface area contributed by atoms with E-state index in [0.29, 0.717) is 5.92 Å². The quantitative estimate of drug-likeness (QED) is 0.215. The van der Waals surface area contributed by atoms with E-state index in [1.165, 1.54) is 11.1 Å². The molecule has 1 N–H and O–H groups in total. The fraction of sp³-hybridized carbons (Fsp3) is 0.312. The Balaban J connectivity index is 0.00000320. The topological polar surface area (TPSA) is 46.0 Å². The van der Waals surface area contributed by atoms with E-state index in [1.54, 1.807) is 0 Å². The summed E-state index contributed by atoms with van der Waals surface area (Å²) in [6, 6.07) is 29.7. The summed E-state index contributed by atoms with van der Waals surface area (Å²) >= 11 is 0. The molecule has 0 aliphatic rings. The van der Waals surface area contributed by atoms with Crippen LogP contribution in [0.1, 0.15) is 45.7 Å². The lowest BCUT2D eigenvalue weighted by Crippen LogP contribution is -2.23. The summed E-state index contributed by atoms with van der Waals surface area (Å²) in [5.74, 6) is 2.35. The Bertz CT molecular complexity index is 1380. The summed E-state index contributed by atoms with van der Waals surface area (Å²) in [5, 5.41) is 4.74. The first kappa shape index (κ1) is 26.2. The van der Waals surface area contributed by atoms with E-state index < -0.39 is 0 Å². The Hall–Kier alpha value is -3.86. The molecular formula is C32H39N5. The predicted octanol–water partition coefficient (Wildman–Crippen LogP) is 7.91. The molecule has 0 bridgehead atoms. The molecule has 37 heavy (non-hydrogen) atoms. The number of nitrogens with zero attached hydrogens (tertiary/aromatic N) is 4. The highest BCUT2D eigenvalue weighted by Gasteiger charge is 2.22. The molecular weight excluding hydrogens is 454 g/mol. The van der Waals surface area contributed by atoms with Crippen LogP contribution in [0.5, 0.6) is 0 Å². The van der Waals surface area contributed by atoms with E-state index in [1.807, 2.05) is 0 Å². The summed E-state index contributed by atoms with van der Waals surface area (Å²) in [5.41, 5.74) is 5.62. The molecule has 0 saturated carbocycles. The van der Waals surface area contributed by atoms with Crippen LogP contribution in [0.4, 0.5) is 11.8 Å². The third-order valence-corrected chi connectivity index (χ3v) is 6.38. The van der Waals surface area contributed by atoms with Gasteiger partial charge in [-0.05, 0) is 29.5 Å². The molecule has 5 nitrogen and oxygen atoms in total. The van der Waals surface area contributed by atoms with Crippen LogP contribution in [0.2, 0.25) is 0 Å². The number of rotatable bonds is 10. The van der Waals surface area contributed by atoms with Crippen LogP contribution in [-0.2, 0) is 19.6 Å². The van der Waals surface area contributed by atoms with E-state index in [4.69, 9.17) is 9.97 Å². The van der Waals surface area contributed by atoms with Gasteiger partial charge in [0.15, 0.2) is 5.82 Å². The second kappa shape index (κ2) is 11.9. The van der Waals surface area contributed by atoms with Crippen molar-refractivity contribution in [3.8, 4) is 0 Å². The van der Waals surface area contributed by atoms with Crippen LogP contribution in [-0.4, -0.2) is 21.1 Å². The number of fused-ring (bicyclic) bond motifs is 3. The van der Waals surface area contributed by atoms with Gasteiger partial charge in [0.1, 0.15) is 5.52 Å². The van der Waals surface area contributed by atoms with Gasteiger partial charge in [0.2, 0.25) is 5.95 Å². The number of aromatic nitrogens is 3. The SMILES string of the molecule is C.CCCNc1nc2c(N(Cc3ccccc3)Cc3ccccc3)nc3ccccc3c2n1CC(C)C. The third-order valence-electron chi connectivity index (χ3n) is 6.38. The van der Waals surface area contributed by atoms with Crippen molar-refractivity contribution in [2.24, 2.45) is 5.92 Å². The molecule has 3 aromatic carbocycles. The van der Waals surface area contributed by atoms with E-state index in [9.17, 15) is 0 Å². The van der Waals surface area contributed by atoms with Gasteiger partial charge in [-0.25, -0.2) is 9.97 Å². The Morgan fingerprint density at radius 3 is 2.00 bits per heavy atom. The molecule has 0 saturated heterocycles. The van der Waals surface area contributed by atoms with Crippen LogP contribution in [0.15, 0.2) is 84.9 Å². The van der Waals surface area contributed by atoms with Gasteiger partial charge < -0.3 is 14.8 Å². The first-order valence-corrected chi connectivity index (χ1v) is 13.0. The molecule has 0 amide bonds. The molecule has 0 spiro atoms. The molecule has 5 heteroatoms. The summed E-state index contributed by atoms with van der Waals surface area (Å²) in [6.45, 7) is 10.0. The smallest absolute Gasteiger partial charge is 0.204 e. The van der Waals surface area contributed by atoms with Crippen molar-refractivity contribution in [2.45, 2.75) is 54.3 Å². The molecule has 0 atom stereocenters. The predicted molar refractivity (Wildman–Crippen MR) is 158 cm³/mol. The first-order valence-electron chi connectivity index (χ1n) is 13.0. The minimum absolute atomic E-state index is 0. The van der Waals surface area contributed by atoms with Crippen molar-refractivity contribution in [1.29, 1.82) is 0 Å². The van der Waals surface area contributed by atoms with Crippen molar-refractivity contribution in [1.82, 2.24) is 14.5 Å². The zero-order valence-electron chi connectivity index (χ0n) is 21.5. The fourth-order valence-corrected chi connectivity index (χ4v) is 4.77. The molecule has 192 valence electrons. The standard InChI is InChI=1S/C31H35N5.CH4/c1-4-19-32-31-34-28-29(36(31)20-23(2)3)26-17-11-12-18-27(26)33-30(28)35(21-24-13-7-5-8-14-24)22-25-15-9-6-10-16-25;/h5-18,23H,4,19-22H2,1-3H3,(H,32,34);1H4. The summed E-state index contributed by atoms with van der Waals surface area (Å²) < 4.78 is 2.37. The number of pyridine rings is 1. The maximum Gasteiger partial charge on any atom is 0.204 e. The molecule has 0 unspecified atom stereocenters. The number of benzene rings is 3. The minimum Gasteiger partial charge on any atom is -0.356 e. The monoisotopic (exact) mass is 493 g/mol. The second-order valence-corrected chi connectivity index (χ2v) is 9.84. The van der Waals surface area contributed by atoms with E-state index in [2.05, 4.69) is 120 Å². The average molecular weight is 494 g/mol. The van der Waals surface area contributed by atoms with E-state index in [-0.39, 0.29) is 7.43 Å². The molecule has 0 aliphatic carbocycles. The zero-order chi connectivity index (χ0) is 24.9. The zero-order valence-corrected chi connectivity index (χ0v) is 21.5. The van der Waals surface area contributed by atoms with Gasteiger partial charge in [-0.2, -0.15) is 0 Å². The summed E-state index contributed by atoms with van der Waals surface area (Å²) in [6.07, 6.45) is 1.05. The van der Waals surface area contributed by atoms with Gasteiger partial charge in [0, 0.05) is 31.6 Å². The third kappa shape index (κ3) is 5.77. The number of anilines is 2. The molecule has 2 aromatic heterocycles. The Morgan fingerprint density at radius 2 is 1.41 bits per heavy atom. The van der Waals surface area contributed by atoms with Gasteiger partial charge >= 0.3 is 0 Å². The fourth-order valence-electron chi connectivity index (χ4n) is 4.77. The normalized spacial score (nSPS) is 11.1. The Labute approximate surface area is 221 Å². The Kier molecular flexibility index (Phi) is 8.44. The van der Waals surface area contributed by atoms with Gasteiger partial charge in [-0.1, -0.05) is 107 Å². The largest absolute Gasteiger partial charge is 0.356 e. The lowest BCUT2D eigenvalue weighted by atomic mass is 10.1. The number of para-hydroxylation sites is 1. The highest BCUT2D eigenvalue weighted by molar-refractivity contribution is 6.08. The van der Waals surface area contributed by atoms with Crippen molar-refractivity contribution in [3.05, 3.63) is 96.1 Å². The number of hydrogen-bond donors (Lipinski definition) is 1. The van der Waals surface area contributed by atoms with Crippen LogP contribution < -0.4 is 10.2 Å². The van der Waals surface area contributed by atoms with Crippen molar-refractivity contribution >= 4 is 33.7 Å². The molecule has 0 aliphatic heterocycles. The number of hydrogen-bond acceptors (Lipinski definition) is 4. The van der Waals surface area contributed by atoms with Crippen molar-refractivity contribution in [3.63, 3.8) is 0 Å². The maximum atomic E-state index is 5.23. The molecule has 2 heterocycles. The summed E-state index contributed by atoms with van der Waals surface area (Å²) in [7, 11) is 0. The van der Waals surface area contributed by atoms with Gasteiger partial charge in [-0.3, -0.25) is 0 Å². The van der Waals surface area contributed by atoms with Crippen molar-refractivity contribution < 1.29 is 0 Å². The molecule has 5 aromatic rings. The lowest BCUT2D eigenvalue weighted by molar-refractivity contribution is 0.536. The van der Waals surface area contributed by atoms with Gasteiger partial charge in [0.05, 0.1) is 11.0 Å². The average Bonchev–Trinajstić information content (AvgIpc) is 3.25. The highest BCUT2D eigenvalue weighted by Crippen LogP contribution is 2.35. The van der Waals surface area contributed by atoms with Gasteiger partial charge in [0.25, 0.3) is 0 Å². The van der Waals surface area contributed by atoms with Crippen molar-refractivity contribution in [2.75, 3.05) is 16.8 Å². The van der Waals surface area contributed by atoms with Crippen LogP contribution in [0, 0.1) is 5.92 Å². The van der Waals surface area contributed by atoms with Crippen LogP contribution in [0.3, 0.4) is 0 Å². The lowest BCUT2D eigenvalue weighted by Gasteiger charge is -2.25. The number of nitrogens with one attached hydrogen (secondary N) is 1. The summed E-state index contributed by atoms with van der Waals surface area (Å²) in [4.78, 5) is 12.8.